The molecule has 0 aromatic carbocycles. The summed E-state index contributed by atoms with van der Waals surface area (Å²) in [4.78, 5) is 0. The lowest BCUT2D eigenvalue weighted by molar-refractivity contribution is 0.499. The van der Waals surface area contributed by atoms with Crippen LogP contribution in [-0.2, 0) is 0 Å². The fourth-order valence-corrected chi connectivity index (χ4v) is 2.09. The number of allylic oxidation sites excluding steroid dienone is 5. The average molecular weight is 189 g/mol. The molecule has 1 aliphatic heterocycles. The molecule has 0 radical (unpaired) electrons. The van der Waals surface area contributed by atoms with Crippen molar-refractivity contribution in [1.29, 1.82) is 0 Å². The highest BCUT2D eigenvalue weighted by Gasteiger charge is 2.13. The van der Waals surface area contributed by atoms with Crippen LogP contribution in [-0.4, -0.2) is 12.6 Å². The number of hydrogen-bond acceptors (Lipinski definition) is 1. The molecule has 1 heteroatoms. The zero-order valence-corrected chi connectivity index (χ0v) is 8.87. The zero-order valence-electron chi connectivity index (χ0n) is 8.87. The van der Waals surface area contributed by atoms with Crippen LogP contribution in [0.1, 0.15) is 26.2 Å². The molecule has 0 fully saturated rings. The van der Waals surface area contributed by atoms with Crippen LogP contribution in [0.25, 0.3) is 0 Å². The van der Waals surface area contributed by atoms with Crippen LogP contribution in [0.5, 0.6) is 0 Å². The van der Waals surface area contributed by atoms with Crippen LogP contribution in [0.4, 0.5) is 0 Å². The predicted octanol–water partition coefficient (Wildman–Crippen LogP) is 2.82. The Hall–Kier alpha value is -0.820. The molecule has 0 aromatic rings. The summed E-state index contributed by atoms with van der Waals surface area (Å²) >= 11 is 0. The van der Waals surface area contributed by atoms with E-state index in [1.165, 1.54) is 18.4 Å². The molecule has 14 heavy (non-hydrogen) atoms. The Morgan fingerprint density at radius 2 is 2.36 bits per heavy atom. The van der Waals surface area contributed by atoms with E-state index in [4.69, 9.17) is 0 Å². The fourth-order valence-electron chi connectivity index (χ4n) is 2.09. The van der Waals surface area contributed by atoms with Crippen LogP contribution in [0.3, 0.4) is 0 Å². The third-order valence-electron chi connectivity index (χ3n) is 3.02. The largest absolute Gasteiger partial charge is 0.314 e. The van der Waals surface area contributed by atoms with Crippen LogP contribution in [0.15, 0.2) is 36.0 Å². The Morgan fingerprint density at radius 3 is 3.29 bits per heavy atom. The lowest BCUT2D eigenvalue weighted by atomic mass is 10.0. The molecule has 1 aliphatic carbocycles. The molecule has 0 saturated carbocycles. The summed E-state index contributed by atoms with van der Waals surface area (Å²) in [6.07, 6.45) is 15.0. The second-order valence-electron chi connectivity index (χ2n) is 4.37. The van der Waals surface area contributed by atoms with Crippen molar-refractivity contribution in [2.24, 2.45) is 5.92 Å². The summed E-state index contributed by atoms with van der Waals surface area (Å²) in [5, 5.41) is 3.55. The van der Waals surface area contributed by atoms with E-state index in [0.717, 1.165) is 18.9 Å². The van der Waals surface area contributed by atoms with Gasteiger partial charge in [-0.15, -0.1) is 0 Å². The first kappa shape index (κ1) is 9.72. The first-order valence-electron chi connectivity index (χ1n) is 5.62. The van der Waals surface area contributed by atoms with Crippen molar-refractivity contribution in [3.63, 3.8) is 0 Å². The first-order chi connectivity index (χ1) is 6.84. The van der Waals surface area contributed by atoms with Crippen LogP contribution >= 0.6 is 0 Å². The summed E-state index contributed by atoms with van der Waals surface area (Å²) in [5.41, 5.74) is 1.49. The molecule has 0 saturated heterocycles. The van der Waals surface area contributed by atoms with E-state index in [-0.39, 0.29) is 0 Å². The second-order valence-corrected chi connectivity index (χ2v) is 4.37. The van der Waals surface area contributed by atoms with Gasteiger partial charge < -0.3 is 5.32 Å². The van der Waals surface area contributed by atoms with Crippen molar-refractivity contribution in [3.8, 4) is 0 Å². The Balaban J connectivity index is 2.03. The third kappa shape index (κ3) is 2.58. The van der Waals surface area contributed by atoms with E-state index >= 15 is 0 Å². The molecule has 2 atom stereocenters. The smallest absolute Gasteiger partial charge is 0.00733 e. The second kappa shape index (κ2) is 4.61. The maximum atomic E-state index is 3.55. The molecule has 1 nitrogen and oxygen atoms in total. The predicted molar refractivity (Wildman–Crippen MR) is 61.2 cm³/mol. The minimum Gasteiger partial charge on any atom is -0.314 e. The normalized spacial score (nSPS) is 38.5. The van der Waals surface area contributed by atoms with Crippen LogP contribution < -0.4 is 5.32 Å². The van der Waals surface area contributed by atoms with Gasteiger partial charge in [0.15, 0.2) is 0 Å². The zero-order chi connectivity index (χ0) is 9.80. The number of rotatable bonds is 0. The summed E-state index contributed by atoms with van der Waals surface area (Å²) in [5.74, 6) is 0.771. The third-order valence-corrected chi connectivity index (χ3v) is 3.02. The Kier molecular flexibility index (Phi) is 3.20. The highest BCUT2D eigenvalue weighted by molar-refractivity contribution is 5.30. The van der Waals surface area contributed by atoms with Crippen molar-refractivity contribution < 1.29 is 0 Å². The molecular weight excluding hydrogens is 170 g/mol. The quantitative estimate of drug-likeness (QED) is 0.618. The first-order valence-corrected chi connectivity index (χ1v) is 5.62. The minimum atomic E-state index is 0.616. The van der Waals surface area contributed by atoms with E-state index in [0.29, 0.717) is 6.04 Å². The lowest BCUT2D eigenvalue weighted by Gasteiger charge is -2.13. The van der Waals surface area contributed by atoms with Gasteiger partial charge in [-0.05, 0) is 44.2 Å². The molecule has 0 spiro atoms. The maximum Gasteiger partial charge on any atom is 0.00733 e. The highest BCUT2D eigenvalue weighted by Crippen LogP contribution is 2.25. The standard InChI is InChI=1S/C13H19N/c1-11-4-2-3-5-12-6-7-13(10-12)8-9-14-11/h2-3,5-7,11,13-14H,4,8-10H2,1H3/b3-2-,12-5-. The van der Waals surface area contributed by atoms with Gasteiger partial charge >= 0.3 is 0 Å². The van der Waals surface area contributed by atoms with Gasteiger partial charge in [0.1, 0.15) is 0 Å². The van der Waals surface area contributed by atoms with Crippen molar-refractivity contribution in [2.45, 2.75) is 32.2 Å². The summed E-state index contributed by atoms with van der Waals surface area (Å²) < 4.78 is 0. The molecule has 1 N–H and O–H groups in total. The van der Waals surface area contributed by atoms with E-state index < -0.39 is 0 Å². The van der Waals surface area contributed by atoms with Crippen LogP contribution in [0.2, 0.25) is 0 Å². The minimum absolute atomic E-state index is 0.616. The molecule has 2 bridgehead atoms. The van der Waals surface area contributed by atoms with Gasteiger partial charge in [-0.1, -0.05) is 30.4 Å². The number of nitrogens with one attached hydrogen (secondary N) is 1. The van der Waals surface area contributed by atoms with Gasteiger partial charge in [0.25, 0.3) is 0 Å². The van der Waals surface area contributed by atoms with Crippen molar-refractivity contribution in [1.82, 2.24) is 5.32 Å². The van der Waals surface area contributed by atoms with Crippen molar-refractivity contribution >= 4 is 0 Å². The molecule has 0 amide bonds. The van der Waals surface area contributed by atoms with Gasteiger partial charge in [0.05, 0.1) is 0 Å². The molecule has 0 aromatic heterocycles. The summed E-state index contributed by atoms with van der Waals surface area (Å²) in [6, 6.07) is 0.616. The molecular formula is C13H19N. The van der Waals surface area contributed by atoms with Crippen molar-refractivity contribution in [3.05, 3.63) is 36.0 Å². The Morgan fingerprint density at radius 1 is 1.43 bits per heavy atom. The van der Waals surface area contributed by atoms with Gasteiger partial charge in [-0.3, -0.25) is 0 Å². The van der Waals surface area contributed by atoms with Crippen molar-refractivity contribution in [2.75, 3.05) is 6.54 Å². The highest BCUT2D eigenvalue weighted by atomic mass is 14.9. The molecule has 2 rings (SSSR count). The Bertz CT molecular complexity index is 273. The van der Waals surface area contributed by atoms with E-state index in [1.807, 2.05) is 0 Å². The SMILES string of the molecule is CC1C/C=C\C=C2\C=CC(CCN1)C2. The monoisotopic (exact) mass is 189 g/mol. The summed E-state index contributed by atoms with van der Waals surface area (Å²) in [6.45, 7) is 3.40. The van der Waals surface area contributed by atoms with Gasteiger partial charge in [0.2, 0.25) is 0 Å². The van der Waals surface area contributed by atoms with E-state index in [1.54, 1.807) is 0 Å². The van der Waals surface area contributed by atoms with Gasteiger partial charge in [-0.2, -0.15) is 0 Å². The molecule has 2 unspecified atom stereocenters. The lowest BCUT2D eigenvalue weighted by Crippen LogP contribution is -2.27. The summed E-state index contributed by atoms with van der Waals surface area (Å²) in [7, 11) is 0. The van der Waals surface area contributed by atoms with Gasteiger partial charge in [0, 0.05) is 6.04 Å². The van der Waals surface area contributed by atoms with E-state index in [9.17, 15) is 0 Å². The maximum absolute atomic E-state index is 3.55. The topological polar surface area (TPSA) is 12.0 Å². The molecule has 1 heterocycles. The van der Waals surface area contributed by atoms with Gasteiger partial charge in [-0.25, -0.2) is 0 Å². The Labute approximate surface area is 86.6 Å². The molecule has 2 aliphatic rings. The van der Waals surface area contributed by atoms with E-state index in [2.05, 4.69) is 42.6 Å². The molecule has 76 valence electrons. The average Bonchev–Trinajstić information content (AvgIpc) is 2.58. The van der Waals surface area contributed by atoms with Crippen LogP contribution in [0, 0.1) is 5.92 Å². The fraction of sp³-hybridized carbons (Fsp3) is 0.538. The number of hydrogen-bond donors (Lipinski definition) is 1. The number of fused-ring (bicyclic) bond motifs is 2.